The molecule has 0 aromatic carbocycles. The Hall–Kier alpha value is -4.31. The number of hydrazine groups is 1. The fourth-order valence-electron chi connectivity index (χ4n) is 6.80. The van der Waals surface area contributed by atoms with Crippen LogP contribution in [-0.2, 0) is 15.7 Å². The van der Waals surface area contributed by atoms with E-state index in [-0.39, 0.29) is 12.1 Å². The van der Waals surface area contributed by atoms with Gasteiger partial charge in [0.1, 0.15) is 22.6 Å². The number of nitrogens with one attached hydrogen (secondary N) is 1. The molecule has 6 aromatic heterocycles. The zero-order chi connectivity index (χ0) is 28.0. The van der Waals surface area contributed by atoms with Crippen LogP contribution in [0, 0.1) is 0 Å². The number of hydrogen-bond donors (Lipinski definition) is 1. The normalized spacial score (nSPS) is 25.2. The minimum absolute atomic E-state index is 0.328. The number of aromatic amines is 1. The van der Waals surface area contributed by atoms with E-state index in [0.717, 1.165) is 22.3 Å². The van der Waals surface area contributed by atoms with Crippen molar-refractivity contribution >= 4 is 44.9 Å². The maximum Gasteiger partial charge on any atom is 0.214 e. The lowest BCUT2D eigenvalue weighted by atomic mass is 9.59. The summed E-state index contributed by atoms with van der Waals surface area (Å²) in [5, 5.41) is 12.3. The average molecular weight is 607 g/mol. The number of ether oxygens (including phenoxy) is 1. The van der Waals surface area contributed by atoms with E-state index in [1.165, 1.54) is 9.75 Å². The second-order valence-electron chi connectivity index (χ2n) is 10.1. The molecule has 1 fully saturated rings. The van der Waals surface area contributed by atoms with Gasteiger partial charge in [0.15, 0.2) is 5.54 Å². The largest absolute Gasteiger partial charge is 0.492 e. The Bertz CT molecular complexity index is 1740. The summed E-state index contributed by atoms with van der Waals surface area (Å²) < 4.78 is 12.9. The predicted molar refractivity (Wildman–Crippen MR) is 170 cm³/mol. The molecule has 42 heavy (non-hydrogen) atoms. The molecule has 208 valence electrons. The summed E-state index contributed by atoms with van der Waals surface area (Å²) >= 11 is 5.20. The number of H-pyrrole nitrogens is 1. The van der Waals surface area contributed by atoms with Crippen molar-refractivity contribution in [1.82, 2.24) is 9.97 Å². The molecule has 2 aliphatic heterocycles. The lowest BCUT2D eigenvalue weighted by Gasteiger charge is -2.48. The van der Waals surface area contributed by atoms with Crippen molar-refractivity contribution in [1.29, 1.82) is 0 Å². The number of aromatic nitrogens is 2. The SMILES string of the molecule is C1=COC(C2N(c3ccco3)N(c3cccs3)C(c3ccc[nH]3)(c3cccs3)C2(c2ccccn2)c2cccs2)C=C1. The number of furan rings is 1. The van der Waals surface area contributed by atoms with Crippen LogP contribution in [0.1, 0.15) is 21.1 Å². The van der Waals surface area contributed by atoms with Crippen molar-refractivity contribution < 1.29 is 9.15 Å². The fourth-order valence-corrected chi connectivity index (χ4v) is 9.58. The Balaban J connectivity index is 1.62. The Kier molecular flexibility index (Phi) is 6.17. The number of hydrogen-bond acceptors (Lipinski definition) is 8. The molecule has 1 N–H and O–H groups in total. The Morgan fingerprint density at radius 2 is 1.67 bits per heavy atom. The van der Waals surface area contributed by atoms with Crippen LogP contribution in [0.2, 0.25) is 0 Å². The molecule has 4 unspecified atom stereocenters. The van der Waals surface area contributed by atoms with Crippen LogP contribution in [0.25, 0.3) is 0 Å². The number of allylic oxidation sites excluding steroid dienone is 2. The Labute approximate surface area is 255 Å². The van der Waals surface area contributed by atoms with E-state index >= 15 is 0 Å². The third kappa shape index (κ3) is 3.44. The number of rotatable bonds is 7. The van der Waals surface area contributed by atoms with Gasteiger partial charge in [0.2, 0.25) is 5.88 Å². The van der Waals surface area contributed by atoms with E-state index in [1.807, 2.05) is 36.7 Å². The summed E-state index contributed by atoms with van der Waals surface area (Å²) in [4.78, 5) is 11.2. The highest BCUT2D eigenvalue weighted by Crippen LogP contribution is 2.66. The van der Waals surface area contributed by atoms with Crippen LogP contribution in [0.4, 0.5) is 10.9 Å². The maximum atomic E-state index is 6.55. The zero-order valence-electron chi connectivity index (χ0n) is 22.3. The molecule has 0 amide bonds. The third-order valence-corrected chi connectivity index (χ3v) is 11.0. The second kappa shape index (κ2) is 10.2. The summed E-state index contributed by atoms with van der Waals surface area (Å²) in [7, 11) is 0. The van der Waals surface area contributed by atoms with Crippen molar-refractivity contribution in [2.75, 3.05) is 10.0 Å². The molecule has 6 nitrogen and oxygen atoms in total. The van der Waals surface area contributed by atoms with E-state index < -0.39 is 11.0 Å². The van der Waals surface area contributed by atoms with E-state index in [0.29, 0.717) is 0 Å². The first-order chi connectivity index (χ1) is 20.9. The second-order valence-corrected chi connectivity index (χ2v) is 12.9. The van der Waals surface area contributed by atoms with E-state index in [9.17, 15) is 0 Å². The van der Waals surface area contributed by atoms with Crippen molar-refractivity contribution in [3.8, 4) is 0 Å². The van der Waals surface area contributed by atoms with Gasteiger partial charge in [-0.15, -0.1) is 34.0 Å². The van der Waals surface area contributed by atoms with Crippen LogP contribution < -0.4 is 10.0 Å². The molecule has 1 saturated heterocycles. The molecule has 0 bridgehead atoms. The quantitative estimate of drug-likeness (QED) is 0.199. The van der Waals surface area contributed by atoms with Crippen molar-refractivity contribution in [3.05, 3.63) is 159 Å². The van der Waals surface area contributed by atoms with Gasteiger partial charge in [-0.3, -0.25) is 9.99 Å². The van der Waals surface area contributed by atoms with Gasteiger partial charge in [-0.05, 0) is 82.9 Å². The molecular formula is C33H26N4O2S3. The van der Waals surface area contributed by atoms with Gasteiger partial charge in [-0.2, -0.15) is 0 Å². The number of anilines is 2. The number of thiophene rings is 3. The summed E-state index contributed by atoms with van der Waals surface area (Å²) in [5.74, 6) is 0.724. The topological polar surface area (TPSA) is 57.5 Å². The summed E-state index contributed by atoms with van der Waals surface area (Å²) in [6.45, 7) is 0. The molecule has 0 spiro atoms. The molecular weight excluding hydrogens is 581 g/mol. The van der Waals surface area contributed by atoms with Crippen LogP contribution in [0.15, 0.2) is 143 Å². The lowest BCUT2D eigenvalue weighted by molar-refractivity contribution is 0.126. The van der Waals surface area contributed by atoms with Gasteiger partial charge in [-0.1, -0.05) is 24.3 Å². The van der Waals surface area contributed by atoms with Gasteiger partial charge in [0, 0.05) is 33.9 Å². The van der Waals surface area contributed by atoms with E-state index in [2.05, 4.69) is 104 Å². The number of nitrogens with zero attached hydrogens (tertiary/aromatic N) is 3. The monoisotopic (exact) mass is 606 g/mol. The minimum Gasteiger partial charge on any atom is -0.492 e. The molecule has 8 heterocycles. The predicted octanol–water partition coefficient (Wildman–Crippen LogP) is 8.20. The smallest absolute Gasteiger partial charge is 0.214 e. The van der Waals surface area contributed by atoms with Crippen LogP contribution in [0.3, 0.4) is 0 Å². The highest BCUT2D eigenvalue weighted by atomic mass is 32.1. The van der Waals surface area contributed by atoms with E-state index in [1.54, 1.807) is 46.5 Å². The highest BCUT2D eigenvalue weighted by Gasteiger charge is 2.75. The van der Waals surface area contributed by atoms with Crippen LogP contribution in [-0.4, -0.2) is 22.1 Å². The van der Waals surface area contributed by atoms with Gasteiger partial charge in [0.05, 0.1) is 18.2 Å². The molecule has 2 aliphatic rings. The standard InChI is InChI=1S/C33H26N4O2S3/c1-3-17-34-25(11-1)32(27-13-7-21-40-27)31(24-10-2-4-19-38-24)36(29-15-6-20-39-29)37(30-16-9-23-42-30)33(32,26-12-5-18-35-26)28-14-8-22-41-28/h1-24,31,35H. The molecule has 6 aromatic rings. The number of pyridine rings is 1. The minimum atomic E-state index is -0.829. The Morgan fingerprint density at radius 1 is 0.810 bits per heavy atom. The molecule has 0 aliphatic carbocycles. The summed E-state index contributed by atoms with van der Waals surface area (Å²) in [6.07, 6.45) is 13.3. The first-order valence-electron chi connectivity index (χ1n) is 13.7. The molecule has 0 radical (unpaired) electrons. The molecule has 0 saturated carbocycles. The summed E-state index contributed by atoms with van der Waals surface area (Å²) in [6, 6.07) is 27.2. The fraction of sp³-hybridized carbons (Fsp3) is 0.121. The molecule has 9 heteroatoms. The Morgan fingerprint density at radius 3 is 2.31 bits per heavy atom. The van der Waals surface area contributed by atoms with Crippen LogP contribution >= 0.6 is 34.0 Å². The van der Waals surface area contributed by atoms with Gasteiger partial charge in [0.25, 0.3) is 0 Å². The van der Waals surface area contributed by atoms with Crippen molar-refractivity contribution in [2.24, 2.45) is 0 Å². The van der Waals surface area contributed by atoms with Crippen molar-refractivity contribution in [3.63, 3.8) is 0 Å². The lowest BCUT2D eigenvalue weighted by Crippen LogP contribution is -2.59. The molecule has 4 atom stereocenters. The first-order valence-corrected chi connectivity index (χ1v) is 16.3. The third-order valence-electron chi connectivity index (χ3n) is 8.14. The first kappa shape index (κ1) is 25.4. The summed E-state index contributed by atoms with van der Waals surface area (Å²) in [5.41, 5.74) is 0.369. The van der Waals surface area contributed by atoms with Gasteiger partial charge >= 0.3 is 0 Å². The molecule has 8 rings (SSSR count). The van der Waals surface area contributed by atoms with Crippen molar-refractivity contribution in [2.45, 2.75) is 23.1 Å². The van der Waals surface area contributed by atoms with Gasteiger partial charge in [-0.25, -0.2) is 5.01 Å². The zero-order valence-corrected chi connectivity index (χ0v) is 24.8. The average Bonchev–Trinajstić information content (AvgIpc) is 3.89. The van der Waals surface area contributed by atoms with E-state index in [4.69, 9.17) is 14.1 Å². The van der Waals surface area contributed by atoms with Crippen LogP contribution in [0.5, 0.6) is 0 Å². The highest BCUT2D eigenvalue weighted by molar-refractivity contribution is 7.14. The van der Waals surface area contributed by atoms with Gasteiger partial charge < -0.3 is 14.1 Å². The maximum absolute atomic E-state index is 6.55.